The average Bonchev–Trinajstić information content (AvgIpc) is 3.24. The summed E-state index contributed by atoms with van der Waals surface area (Å²) < 4.78 is 32.5. The number of pyridine rings is 1. The van der Waals surface area contributed by atoms with Crippen LogP contribution in [0.3, 0.4) is 0 Å². The molecule has 4 atom stereocenters. The van der Waals surface area contributed by atoms with E-state index in [1.54, 1.807) is 38.1 Å². The van der Waals surface area contributed by atoms with Gasteiger partial charge in [-0.15, -0.1) is 0 Å². The van der Waals surface area contributed by atoms with Gasteiger partial charge in [-0.1, -0.05) is 18.5 Å². The van der Waals surface area contributed by atoms with E-state index in [-0.39, 0.29) is 37.0 Å². The summed E-state index contributed by atoms with van der Waals surface area (Å²) in [4.78, 5) is 17.4. The number of ketones is 1. The van der Waals surface area contributed by atoms with Gasteiger partial charge in [-0.25, -0.2) is 13.9 Å². The first-order chi connectivity index (χ1) is 18.1. The first-order valence-corrected chi connectivity index (χ1v) is 14.4. The highest BCUT2D eigenvalue weighted by molar-refractivity contribution is 7.84. The number of nitrogens with one attached hydrogen (secondary N) is 1. The highest BCUT2D eigenvalue weighted by Gasteiger charge is 2.45. The largest absolute Gasteiger partial charge is 0.493 e. The third kappa shape index (κ3) is 7.10. The summed E-state index contributed by atoms with van der Waals surface area (Å²) in [6.45, 7) is 11.1. The molecule has 1 aromatic carbocycles. The maximum absolute atomic E-state index is 13.0. The van der Waals surface area contributed by atoms with Crippen LogP contribution in [-0.2, 0) is 22.1 Å². The van der Waals surface area contributed by atoms with Crippen molar-refractivity contribution < 1.29 is 33.4 Å². The van der Waals surface area contributed by atoms with Crippen molar-refractivity contribution in [2.75, 3.05) is 20.3 Å². The number of halogens is 1. The lowest BCUT2D eigenvalue weighted by molar-refractivity contribution is 0.0395. The van der Waals surface area contributed by atoms with E-state index in [4.69, 9.17) is 25.8 Å². The SMILES string of the molecule is CC[C@@]1(NS(=O)C(C)(C)C)COc2c1cc([C@@](C)(O)CCC(=O)c1ccc(OC[C@@H](C)O)c(OC)c1)nc2Cl. The predicted octanol–water partition coefficient (Wildman–Crippen LogP) is 4.42. The number of aliphatic hydroxyl groups excluding tert-OH is 1. The van der Waals surface area contributed by atoms with Crippen LogP contribution in [-0.4, -0.2) is 56.4 Å². The number of aromatic nitrogens is 1. The number of hydrogen-bond donors (Lipinski definition) is 3. The number of fused-ring (bicyclic) bond motifs is 1. The van der Waals surface area contributed by atoms with Crippen LogP contribution >= 0.6 is 11.6 Å². The molecule has 1 unspecified atom stereocenters. The second-order valence-electron chi connectivity index (χ2n) is 11.1. The molecule has 1 aliphatic rings. The van der Waals surface area contributed by atoms with Gasteiger partial charge in [-0.05, 0) is 71.7 Å². The molecule has 11 heteroatoms. The fourth-order valence-corrected chi connectivity index (χ4v) is 5.35. The average molecular weight is 583 g/mol. The molecule has 0 bridgehead atoms. The minimum absolute atomic E-state index is 0.0299. The summed E-state index contributed by atoms with van der Waals surface area (Å²) in [5.74, 6) is 0.992. The number of hydrogen-bond acceptors (Lipinski definition) is 8. The van der Waals surface area contributed by atoms with Gasteiger partial charge in [-0.3, -0.25) is 4.79 Å². The van der Waals surface area contributed by atoms with Gasteiger partial charge in [0.15, 0.2) is 28.2 Å². The molecule has 9 nitrogen and oxygen atoms in total. The van der Waals surface area contributed by atoms with E-state index in [1.807, 2.05) is 27.7 Å². The molecule has 39 heavy (non-hydrogen) atoms. The Morgan fingerprint density at radius 3 is 2.56 bits per heavy atom. The summed E-state index contributed by atoms with van der Waals surface area (Å²) in [7, 11) is 0.0914. The molecule has 2 aromatic rings. The van der Waals surface area contributed by atoms with Gasteiger partial charge in [0.05, 0.1) is 40.2 Å². The van der Waals surface area contributed by atoms with Gasteiger partial charge < -0.3 is 24.4 Å². The first kappa shape index (κ1) is 31.3. The van der Waals surface area contributed by atoms with E-state index in [2.05, 4.69) is 9.71 Å². The van der Waals surface area contributed by atoms with E-state index >= 15 is 0 Å². The maximum Gasteiger partial charge on any atom is 0.171 e. The third-order valence-corrected chi connectivity index (χ3v) is 8.66. The number of Topliss-reactive ketones (excluding diaryl/α,β-unsaturated/α-hetero) is 1. The highest BCUT2D eigenvalue weighted by Crippen LogP contribution is 2.45. The normalized spacial score (nSPS) is 19.9. The Kier molecular flexibility index (Phi) is 9.71. The molecule has 0 spiro atoms. The second-order valence-corrected chi connectivity index (χ2v) is 13.4. The van der Waals surface area contributed by atoms with Crippen LogP contribution in [0.5, 0.6) is 17.2 Å². The number of aliphatic hydroxyl groups is 2. The van der Waals surface area contributed by atoms with Gasteiger partial charge in [0.1, 0.15) is 18.8 Å². The molecule has 0 fully saturated rings. The lowest BCUT2D eigenvalue weighted by Crippen LogP contribution is -2.49. The highest BCUT2D eigenvalue weighted by atomic mass is 35.5. The number of rotatable bonds is 12. The Labute approximate surface area is 237 Å². The van der Waals surface area contributed by atoms with Crippen LogP contribution in [0.2, 0.25) is 5.15 Å². The smallest absolute Gasteiger partial charge is 0.171 e. The van der Waals surface area contributed by atoms with Gasteiger partial charge in [-0.2, -0.15) is 0 Å². The van der Waals surface area contributed by atoms with Crippen molar-refractivity contribution in [1.29, 1.82) is 0 Å². The fourth-order valence-electron chi connectivity index (χ4n) is 4.12. The number of benzene rings is 1. The van der Waals surface area contributed by atoms with Crippen LogP contribution in [0.1, 0.15) is 82.4 Å². The summed E-state index contributed by atoms with van der Waals surface area (Å²) in [6.07, 6.45) is 0.0334. The van der Waals surface area contributed by atoms with Crippen LogP contribution < -0.4 is 18.9 Å². The van der Waals surface area contributed by atoms with Gasteiger partial charge in [0.2, 0.25) is 0 Å². The standard InChI is InChI=1S/C28H39ClN2O7S/c1-8-28(31-39(35)26(3,4)5)16-38-24-19(28)14-23(30-25(24)29)27(6,34)12-11-20(33)18-9-10-21(22(13-18)36-7)37-15-17(2)32/h9-10,13-14,17,31-32,34H,8,11-12,15-16H2,1-7H3/t17-,27+,28-,39?/m1/s1. The zero-order valence-electron chi connectivity index (χ0n) is 23.6. The maximum atomic E-state index is 13.0. The Morgan fingerprint density at radius 1 is 1.28 bits per heavy atom. The van der Waals surface area contributed by atoms with E-state index in [0.717, 1.165) is 0 Å². The van der Waals surface area contributed by atoms with Gasteiger partial charge in [0, 0.05) is 17.5 Å². The van der Waals surface area contributed by atoms with Crippen molar-refractivity contribution in [3.8, 4) is 17.2 Å². The molecule has 1 aromatic heterocycles. The third-order valence-electron chi connectivity index (χ3n) is 6.71. The van der Waals surface area contributed by atoms with Crippen molar-refractivity contribution >= 4 is 28.4 Å². The zero-order chi connectivity index (χ0) is 29.2. The van der Waals surface area contributed by atoms with Crippen LogP contribution in [0, 0.1) is 0 Å². The second kappa shape index (κ2) is 12.1. The fraction of sp³-hybridized carbons (Fsp3) is 0.571. The van der Waals surface area contributed by atoms with E-state index in [9.17, 15) is 19.2 Å². The zero-order valence-corrected chi connectivity index (χ0v) is 25.2. The van der Waals surface area contributed by atoms with Gasteiger partial charge >= 0.3 is 0 Å². The number of methoxy groups -OCH3 is 1. The Balaban J connectivity index is 1.82. The summed E-state index contributed by atoms with van der Waals surface area (Å²) in [5, 5.41) is 21.0. The van der Waals surface area contributed by atoms with Gasteiger partial charge in [0.25, 0.3) is 0 Å². The summed E-state index contributed by atoms with van der Waals surface area (Å²) >= 11 is 6.48. The van der Waals surface area contributed by atoms with Crippen LogP contribution in [0.25, 0.3) is 0 Å². The Hall–Kier alpha value is -2.24. The molecule has 3 rings (SSSR count). The topological polar surface area (TPSA) is 127 Å². The number of carbonyl (C=O) groups is 1. The van der Waals surface area contributed by atoms with Crippen LogP contribution in [0.4, 0.5) is 0 Å². The molecule has 2 heterocycles. The van der Waals surface area contributed by atoms with E-state index < -0.39 is 33.0 Å². The summed E-state index contributed by atoms with van der Waals surface area (Å²) in [6, 6.07) is 6.54. The molecule has 0 amide bonds. The molecule has 0 saturated carbocycles. The number of carbonyl (C=O) groups excluding carboxylic acids is 1. The molecular formula is C28H39ClN2O7S. The van der Waals surface area contributed by atoms with Crippen molar-refractivity contribution in [2.24, 2.45) is 0 Å². The summed E-state index contributed by atoms with van der Waals surface area (Å²) in [5.41, 5.74) is -0.870. The molecule has 1 aliphatic heterocycles. The minimum Gasteiger partial charge on any atom is -0.493 e. The van der Waals surface area contributed by atoms with E-state index in [0.29, 0.717) is 40.5 Å². The first-order valence-electron chi connectivity index (χ1n) is 12.9. The predicted molar refractivity (Wildman–Crippen MR) is 151 cm³/mol. The molecular weight excluding hydrogens is 544 g/mol. The number of ether oxygens (including phenoxy) is 3. The van der Waals surface area contributed by atoms with E-state index in [1.165, 1.54) is 7.11 Å². The van der Waals surface area contributed by atoms with Crippen molar-refractivity contribution in [2.45, 2.75) is 82.8 Å². The molecule has 216 valence electrons. The molecule has 3 N–H and O–H groups in total. The quantitative estimate of drug-likeness (QED) is 0.248. The lowest BCUT2D eigenvalue weighted by atomic mass is 9.87. The Bertz CT molecular complexity index is 1230. The molecule has 0 aliphatic carbocycles. The lowest BCUT2D eigenvalue weighted by Gasteiger charge is -2.32. The monoisotopic (exact) mass is 582 g/mol. The molecule has 0 saturated heterocycles. The number of nitrogens with zero attached hydrogens (tertiary/aromatic N) is 1. The minimum atomic E-state index is -1.48. The van der Waals surface area contributed by atoms with Crippen LogP contribution in [0.15, 0.2) is 24.3 Å². The van der Waals surface area contributed by atoms with Crippen molar-refractivity contribution in [3.05, 3.63) is 46.2 Å². The van der Waals surface area contributed by atoms with Crippen molar-refractivity contribution in [3.63, 3.8) is 0 Å². The Morgan fingerprint density at radius 2 is 1.97 bits per heavy atom. The molecule has 0 radical (unpaired) electrons. The van der Waals surface area contributed by atoms with Crippen molar-refractivity contribution in [1.82, 2.24) is 9.71 Å².